The number of nitrogens with one attached hydrogen (secondary N) is 1. The highest BCUT2D eigenvalue weighted by atomic mass is 79.9. The molecule has 166 valence electrons. The molecule has 3 N–H and O–H groups in total. The number of halogens is 1. The van der Waals surface area contributed by atoms with Crippen LogP contribution in [0.4, 0.5) is 5.69 Å². The molecule has 1 atom stereocenters. The normalized spacial score (nSPS) is 17.1. The van der Waals surface area contributed by atoms with E-state index in [2.05, 4.69) is 66.3 Å². The Morgan fingerprint density at radius 1 is 1.20 bits per heavy atom. The van der Waals surface area contributed by atoms with E-state index >= 15 is 0 Å². The first-order chi connectivity index (χ1) is 14.5. The van der Waals surface area contributed by atoms with Crippen LogP contribution in [-0.2, 0) is 0 Å². The highest BCUT2D eigenvalue weighted by Gasteiger charge is 2.13. The summed E-state index contributed by atoms with van der Waals surface area (Å²) in [6.45, 7) is 14.0. The van der Waals surface area contributed by atoms with Gasteiger partial charge in [-0.3, -0.25) is 0 Å². The van der Waals surface area contributed by atoms with Crippen molar-refractivity contribution in [1.29, 1.82) is 0 Å². The number of rotatable bonds is 5. The second-order valence-electron chi connectivity index (χ2n) is 6.75. The zero-order valence-corrected chi connectivity index (χ0v) is 20.8. The van der Waals surface area contributed by atoms with E-state index in [0.29, 0.717) is 6.04 Å². The molecule has 30 heavy (non-hydrogen) atoms. The highest BCUT2D eigenvalue weighted by molar-refractivity contribution is 9.10. The molecule has 3 heteroatoms. The lowest BCUT2D eigenvalue weighted by Crippen LogP contribution is -2.28. The third kappa shape index (κ3) is 14.9. The SMILES string of the molecule is C#C.C=C/C=C\C.C=CC.CCCNC1/C=C(/c2cc(Br)ccc2N)CCCCC1. The van der Waals surface area contributed by atoms with Crippen LogP contribution in [0, 0.1) is 12.8 Å². The van der Waals surface area contributed by atoms with Gasteiger partial charge in [0, 0.05) is 21.8 Å². The first-order valence-electron chi connectivity index (χ1n) is 10.7. The third-order valence-electron chi connectivity index (χ3n) is 4.21. The molecular formula is C27H41BrN2. The number of anilines is 1. The van der Waals surface area contributed by atoms with Crippen molar-refractivity contribution >= 4 is 27.2 Å². The van der Waals surface area contributed by atoms with E-state index < -0.39 is 0 Å². The standard InChI is InChI=1S/C17H25BrN2.C5H8.C3H6.C2H2/c1-2-10-20-15-7-5-3-4-6-13(11-15)16-12-14(18)8-9-17(16)19;1-3-5-4-2;1-3-2;1-2/h8-9,11-12,15,20H,2-7,10,19H2,1H3;3-5H,1H2,2H3;3H,1H2,2H3;1-2H/b13-11+;5-4-;;. The smallest absolute Gasteiger partial charge is 0.0391 e. The van der Waals surface area contributed by atoms with Gasteiger partial charge in [0.2, 0.25) is 0 Å². The minimum atomic E-state index is 0.489. The fourth-order valence-corrected chi connectivity index (χ4v) is 3.28. The maximum absolute atomic E-state index is 6.17. The van der Waals surface area contributed by atoms with E-state index in [0.717, 1.165) is 23.1 Å². The Bertz CT molecular complexity index is 656. The molecule has 1 aliphatic carbocycles. The average Bonchev–Trinajstić information content (AvgIpc) is 2.72. The van der Waals surface area contributed by atoms with Gasteiger partial charge in [0.15, 0.2) is 0 Å². The quantitative estimate of drug-likeness (QED) is 0.197. The van der Waals surface area contributed by atoms with Crippen molar-refractivity contribution in [3.8, 4) is 12.8 Å². The summed E-state index contributed by atoms with van der Waals surface area (Å²) in [6, 6.07) is 6.64. The lowest BCUT2D eigenvalue weighted by molar-refractivity contribution is 0.511. The van der Waals surface area contributed by atoms with Crippen molar-refractivity contribution in [2.75, 3.05) is 12.3 Å². The molecule has 1 aromatic rings. The van der Waals surface area contributed by atoms with Gasteiger partial charge in [-0.1, -0.05) is 72.7 Å². The van der Waals surface area contributed by atoms with E-state index in [1.807, 2.05) is 38.1 Å². The van der Waals surface area contributed by atoms with Crippen molar-refractivity contribution in [1.82, 2.24) is 5.32 Å². The summed E-state index contributed by atoms with van der Waals surface area (Å²) >= 11 is 3.56. The van der Waals surface area contributed by atoms with Crippen LogP contribution in [0.2, 0.25) is 0 Å². The molecule has 0 aromatic heterocycles. The minimum Gasteiger partial charge on any atom is -0.398 e. The first kappa shape index (κ1) is 30.2. The molecule has 1 aromatic carbocycles. The number of nitrogen functional groups attached to an aromatic ring is 1. The van der Waals surface area contributed by atoms with Crippen molar-refractivity contribution in [2.45, 2.75) is 65.3 Å². The predicted molar refractivity (Wildman–Crippen MR) is 142 cm³/mol. The summed E-state index contributed by atoms with van der Waals surface area (Å²) in [5.41, 5.74) is 9.66. The van der Waals surface area contributed by atoms with Crippen molar-refractivity contribution in [3.05, 3.63) is 71.8 Å². The molecule has 0 fully saturated rings. The topological polar surface area (TPSA) is 38.0 Å². The molecule has 0 amide bonds. The zero-order valence-electron chi connectivity index (χ0n) is 19.2. The molecular weight excluding hydrogens is 432 g/mol. The van der Waals surface area contributed by atoms with E-state index in [1.165, 1.54) is 43.2 Å². The van der Waals surface area contributed by atoms with Gasteiger partial charge in [0.05, 0.1) is 0 Å². The van der Waals surface area contributed by atoms with Gasteiger partial charge in [-0.25, -0.2) is 0 Å². The van der Waals surface area contributed by atoms with E-state index in [9.17, 15) is 0 Å². The molecule has 0 saturated carbocycles. The van der Waals surface area contributed by atoms with E-state index in [1.54, 1.807) is 12.2 Å². The van der Waals surface area contributed by atoms with Crippen LogP contribution in [0.3, 0.4) is 0 Å². The summed E-state index contributed by atoms with van der Waals surface area (Å²) < 4.78 is 1.10. The van der Waals surface area contributed by atoms with Crippen LogP contribution < -0.4 is 11.1 Å². The average molecular weight is 474 g/mol. The molecule has 1 aliphatic rings. The molecule has 2 rings (SSSR count). The third-order valence-corrected chi connectivity index (χ3v) is 4.70. The Hall–Kier alpha value is -2.02. The Kier molecular flexibility index (Phi) is 21.8. The summed E-state index contributed by atoms with van der Waals surface area (Å²) in [6.07, 6.45) is 25.2. The maximum atomic E-state index is 6.17. The van der Waals surface area contributed by atoms with Crippen LogP contribution >= 0.6 is 15.9 Å². The fourth-order valence-electron chi connectivity index (χ4n) is 2.92. The molecule has 0 heterocycles. The van der Waals surface area contributed by atoms with Crippen molar-refractivity contribution in [2.24, 2.45) is 0 Å². The Balaban J connectivity index is 0. The van der Waals surface area contributed by atoms with Crippen LogP contribution in [0.15, 0.2) is 66.2 Å². The number of benzene rings is 1. The maximum Gasteiger partial charge on any atom is 0.0391 e. The second kappa shape index (κ2) is 21.7. The predicted octanol–water partition coefficient (Wildman–Crippen LogP) is 7.94. The molecule has 0 radical (unpaired) electrons. The number of terminal acetylenes is 1. The molecule has 0 saturated heterocycles. The van der Waals surface area contributed by atoms with Crippen molar-refractivity contribution < 1.29 is 0 Å². The number of hydrogen-bond donors (Lipinski definition) is 2. The number of hydrogen-bond acceptors (Lipinski definition) is 2. The molecule has 1 unspecified atom stereocenters. The molecule has 0 aliphatic heterocycles. The van der Waals surface area contributed by atoms with Gasteiger partial charge in [-0.2, -0.15) is 0 Å². The Morgan fingerprint density at radius 2 is 1.87 bits per heavy atom. The molecule has 0 spiro atoms. The largest absolute Gasteiger partial charge is 0.398 e. The molecule has 2 nitrogen and oxygen atoms in total. The van der Waals surface area contributed by atoms with Gasteiger partial charge < -0.3 is 11.1 Å². The van der Waals surface area contributed by atoms with Crippen LogP contribution in [0.5, 0.6) is 0 Å². The summed E-state index contributed by atoms with van der Waals surface area (Å²) in [5, 5.41) is 3.64. The Labute approximate surface area is 194 Å². The second-order valence-corrected chi connectivity index (χ2v) is 7.67. The number of allylic oxidation sites excluding steroid dienone is 5. The van der Waals surface area contributed by atoms with Crippen LogP contribution in [-0.4, -0.2) is 12.6 Å². The zero-order chi connectivity index (χ0) is 23.2. The lowest BCUT2D eigenvalue weighted by Gasteiger charge is -2.21. The monoisotopic (exact) mass is 472 g/mol. The van der Waals surface area contributed by atoms with Gasteiger partial charge in [0.25, 0.3) is 0 Å². The van der Waals surface area contributed by atoms with E-state index in [-0.39, 0.29) is 0 Å². The summed E-state index contributed by atoms with van der Waals surface area (Å²) in [5.74, 6) is 0. The van der Waals surface area contributed by atoms with Crippen molar-refractivity contribution in [3.63, 3.8) is 0 Å². The van der Waals surface area contributed by atoms with E-state index in [4.69, 9.17) is 5.73 Å². The van der Waals surface area contributed by atoms with Crippen LogP contribution in [0.25, 0.3) is 5.57 Å². The van der Waals surface area contributed by atoms with Gasteiger partial charge >= 0.3 is 0 Å². The Morgan fingerprint density at radius 3 is 2.40 bits per heavy atom. The van der Waals surface area contributed by atoms with Gasteiger partial charge in [-0.05, 0) is 69.8 Å². The minimum absolute atomic E-state index is 0.489. The molecule has 0 bridgehead atoms. The lowest BCUT2D eigenvalue weighted by atomic mass is 9.92. The van der Waals surface area contributed by atoms with Gasteiger partial charge in [0.1, 0.15) is 0 Å². The highest BCUT2D eigenvalue weighted by Crippen LogP contribution is 2.31. The summed E-state index contributed by atoms with van der Waals surface area (Å²) in [7, 11) is 0. The van der Waals surface area contributed by atoms with Gasteiger partial charge in [-0.15, -0.1) is 19.4 Å². The fraction of sp³-hybridized carbons (Fsp3) is 0.407. The van der Waals surface area contributed by atoms with Crippen LogP contribution in [0.1, 0.15) is 64.9 Å². The first-order valence-corrected chi connectivity index (χ1v) is 11.5. The summed E-state index contributed by atoms with van der Waals surface area (Å²) in [4.78, 5) is 0. The number of nitrogens with two attached hydrogens (primary N) is 1.